The molecule has 0 unspecified atom stereocenters. The molecule has 6 heteroatoms. The summed E-state index contributed by atoms with van der Waals surface area (Å²) in [6.07, 6.45) is 1.64. The Morgan fingerprint density at radius 2 is 2.00 bits per heavy atom. The van der Waals surface area contributed by atoms with Crippen molar-refractivity contribution in [1.29, 1.82) is 0 Å². The molecule has 0 aliphatic carbocycles. The summed E-state index contributed by atoms with van der Waals surface area (Å²) in [5, 5.41) is 10.8. The van der Waals surface area contributed by atoms with Crippen LogP contribution in [0.3, 0.4) is 0 Å². The fraction of sp³-hybridized carbons (Fsp3) is 0.438. The van der Waals surface area contributed by atoms with Gasteiger partial charge in [-0.1, -0.05) is 26.0 Å². The van der Waals surface area contributed by atoms with E-state index in [1.54, 1.807) is 7.11 Å². The van der Waals surface area contributed by atoms with E-state index in [9.17, 15) is 4.79 Å². The topological polar surface area (TPSA) is 77.2 Å². The van der Waals surface area contributed by atoms with Gasteiger partial charge in [-0.15, -0.1) is 10.2 Å². The summed E-state index contributed by atoms with van der Waals surface area (Å²) in [4.78, 5) is 11.9. The Hall–Kier alpha value is -2.37. The Bertz CT molecular complexity index is 621. The number of amides is 1. The maximum atomic E-state index is 11.9. The lowest BCUT2D eigenvalue weighted by Gasteiger charge is -2.11. The largest absolute Gasteiger partial charge is 0.496 e. The van der Waals surface area contributed by atoms with Crippen molar-refractivity contribution in [2.75, 3.05) is 7.11 Å². The van der Waals surface area contributed by atoms with Crippen molar-refractivity contribution in [3.63, 3.8) is 0 Å². The van der Waals surface area contributed by atoms with Crippen molar-refractivity contribution < 1.29 is 13.9 Å². The molecule has 0 aliphatic heterocycles. The molecule has 2 aromatic rings. The number of nitrogens with one attached hydrogen (secondary N) is 1. The molecule has 2 rings (SSSR count). The summed E-state index contributed by atoms with van der Waals surface area (Å²) >= 11 is 0. The lowest BCUT2D eigenvalue weighted by molar-refractivity contribution is -0.125. The first-order valence-electron chi connectivity index (χ1n) is 7.43. The normalized spacial score (nSPS) is 10.7. The van der Waals surface area contributed by atoms with Crippen LogP contribution in [0.1, 0.15) is 32.6 Å². The summed E-state index contributed by atoms with van der Waals surface area (Å²) in [5.41, 5.74) is 0.732. The quantitative estimate of drug-likeness (QED) is 0.851. The van der Waals surface area contributed by atoms with Gasteiger partial charge in [0.25, 0.3) is 5.89 Å². The van der Waals surface area contributed by atoms with Gasteiger partial charge in [0.05, 0.1) is 19.2 Å². The SMILES string of the molecule is CCC(CC)C(=O)NCc1nnc(-c2ccccc2OC)o1. The van der Waals surface area contributed by atoms with Gasteiger partial charge >= 0.3 is 0 Å². The minimum Gasteiger partial charge on any atom is -0.496 e. The van der Waals surface area contributed by atoms with Crippen molar-refractivity contribution in [2.24, 2.45) is 5.92 Å². The number of hydrogen-bond acceptors (Lipinski definition) is 5. The number of benzene rings is 1. The fourth-order valence-electron chi connectivity index (χ4n) is 2.22. The van der Waals surface area contributed by atoms with Crippen LogP contribution < -0.4 is 10.1 Å². The highest BCUT2D eigenvalue weighted by atomic mass is 16.5. The van der Waals surface area contributed by atoms with Crippen molar-refractivity contribution in [3.05, 3.63) is 30.2 Å². The van der Waals surface area contributed by atoms with Crippen LogP contribution in [-0.2, 0) is 11.3 Å². The molecule has 6 nitrogen and oxygen atoms in total. The Kier molecular flexibility index (Phi) is 5.52. The molecule has 1 aromatic carbocycles. The lowest BCUT2D eigenvalue weighted by atomic mass is 10.0. The molecule has 22 heavy (non-hydrogen) atoms. The zero-order chi connectivity index (χ0) is 15.9. The highest BCUT2D eigenvalue weighted by molar-refractivity contribution is 5.78. The number of hydrogen-bond donors (Lipinski definition) is 1. The van der Waals surface area contributed by atoms with Crippen molar-refractivity contribution >= 4 is 5.91 Å². The van der Waals surface area contributed by atoms with Gasteiger partial charge in [-0.25, -0.2) is 0 Å². The van der Waals surface area contributed by atoms with Gasteiger partial charge < -0.3 is 14.5 Å². The maximum Gasteiger partial charge on any atom is 0.251 e. The van der Waals surface area contributed by atoms with Crippen molar-refractivity contribution in [3.8, 4) is 17.2 Å². The average Bonchev–Trinajstić information content (AvgIpc) is 3.02. The molecule has 1 N–H and O–H groups in total. The summed E-state index contributed by atoms with van der Waals surface area (Å²) in [6.45, 7) is 4.23. The van der Waals surface area contributed by atoms with E-state index in [2.05, 4.69) is 15.5 Å². The van der Waals surface area contributed by atoms with E-state index >= 15 is 0 Å². The van der Waals surface area contributed by atoms with Gasteiger partial charge in [0.15, 0.2) is 0 Å². The van der Waals surface area contributed by atoms with Gasteiger partial charge in [0.2, 0.25) is 11.8 Å². The second-order valence-corrected chi connectivity index (χ2v) is 4.93. The Morgan fingerprint density at radius 1 is 1.27 bits per heavy atom. The van der Waals surface area contributed by atoms with Crippen molar-refractivity contribution in [1.82, 2.24) is 15.5 Å². The third-order valence-electron chi connectivity index (χ3n) is 3.57. The average molecular weight is 303 g/mol. The van der Waals surface area contributed by atoms with E-state index in [4.69, 9.17) is 9.15 Å². The molecule has 0 aliphatic rings. The summed E-state index contributed by atoms with van der Waals surface area (Å²) in [6, 6.07) is 7.42. The standard InChI is InChI=1S/C16H21N3O3/c1-4-11(5-2)15(20)17-10-14-18-19-16(22-14)12-8-6-7-9-13(12)21-3/h6-9,11H,4-5,10H2,1-3H3,(H,17,20). The third kappa shape index (κ3) is 3.63. The molecule has 0 bridgehead atoms. The Labute approximate surface area is 129 Å². The van der Waals surface area contributed by atoms with Crippen molar-refractivity contribution in [2.45, 2.75) is 33.2 Å². The van der Waals surface area contributed by atoms with Crippen LogP contribution in [0.15, 0.2) is 28.7 Å². The number of methoxy groups -OCH3 is 1. The monoisotopic (exact) mass is 303 g/mol. The number of para-hydroxylation sites is 1. The molecule has 1 heterocycles. The van der Waals surface area contributed by atoms with E-state index in [1.807, 2.05) is 38.1 Å². The van der Waals surface area contributed by atoms with E-state index in [0.29, 0.717) is 17.5 Å². The molecule has 0 saturated heterocycles. The molecule has 0 fully saturated rings. The number of rotatable bonds is 7. The van der Waals surface area contributed by atoms with Crippen LogP contribution in [0.4, 0.5) is 0 Å². The first kappa shape index (κ1) is 16.0. The summed E-state index contributed by atoms with van der Waals surface area (Å²) in [5.74, 6) is 1.46. The minimum atomic E-state index is 0.0158. The van der Waals surface area contributed by atoms with Gasteiger partial charge in [-0.05, 0) is 25.0 Å². The zero-order valence-electron chi connectivity index (χ0n) is 13.1. The van der Waals surface area contributed by atoms with Gasteiger partial charge in [-0.2, -0.15) is 0 Å². The lowest BCUT2D eigenvalue weighted by Crippen LogP contribution is -2.29. The number of aromatic nitrogens is 2. The molecular weight excluding hydrogens is 282 g/mol. The minimum absolute atomic E-state index is 0.0158. The van der Waals surface area contributed by atoms with E-state index < -0.39 is 0 Å². The molecule has 1 amide bonds. The van der Waals surface area contributed by atoms with Crippen LogP contribution in [-0.4, -0.2) is 23.2 Å². The van der Waals surface area contributed by atoms with Crippen LogP contribution in [0.2, 0.25) is 0 Å². The van der Waals surface area contributed by atoms with E-state index in [1.165, 1.54) is 0 Å². The number of nitrogens with zero attached hydrogens (tertiary/aromatic N) is 2. The molecule has 0 saturated carbocycles. The molecule has 0 spiro atoms. The van der Waals surface area contributed by atoms with Crippen LogP contribution >= 0.6 is 0 Å². The smallest absolute Gasteiger partial charge is 0.251 e. The van der Waals surface area contributed by atoms with Crippen LogP contribution in [0, 0.1) is 5.92 Å². The second kappa shape index (κ2) is 7.59. The number of carbonyl (C=O) groups excluding carboxylic acids is 1. The Balaban J connectivity index is 2.04. The predicted molar refractivity (Wildman–Crippen MR) is 82.2 cm³/mol. The summed E-state index contributed by atoms with van der Waals surface area (Å²) < 4.78 is 10.9. The second-order valence-electron chi connectivity index (χ2n) is 4.93. The van der Waals surface area contributed by atoms with Crippen LogP contribution in [0.5, 0.6) is 5.75 Å². The fourth-order valence-corrected chi connectivity index (χ4v) is 2.22. The van der Waals surface area contributed by atoms with Gasteiger partial charge in [0, 0.05) is 5.92 Å². The molecule has 0 atom stereocenters. The first-order chi connectivity index (χ1) is 10.7. The van der Waals surface area contributed by atoms with E-state index in [0.717, 1.165) is 18.4 Å². The molecule has 0 radical (unpaired) electrons. The predicted octanol–water partition coefficient (Wildman–Crippen LogP) is 2.80. The third-order valence-corrected chi connectivity index (χ3v) is 3.57. The zero-order valence-corrected chi connectivity index (χ0v) is 13.1. The van der Waals surface area contributed by atoms with E-state index in [-0.39, 0.29) is 18.4 Å². The number of ether oxygens (including phenoxy) is 1. The van der Waals surface area contributed by atoms with Crippen LogP contribution in [0.25, 0.3) is 11.5 Å². The highest BCUT2D eigenvalue weighted by Crippen LogP contribution is 2.28. The van der Waals surface area contributed by atoms with Gasteiger partial charge in [0.1, 0.15) is 5.75 Å². The summed E-state index contributed by atoms with van der Waals surface area (Å²) in [7, 11) is 1.59. The molecule has 1 aromatic heterocycles. The molecular formula is C16H21N3O3. The first-order valence-corrected chi connectivity index (χ1v) is 7.43. The Morgan fingerprint density at radius 3 is 2.68 bits per heavy atom. The number of carbonyl (C=O) groups is 1. The maximum absolute atomic E-state index is 11.9. The highest BCUT2D eigenvalue weighted by Gasteiger charge is 2.16. The molecule has 118 valence electrons. The van der Waals surface area contributed by atoms with Gasteiger partial charge in [-0.3, -0.25) is 4.79 Å².